The predicted molar refractivity (Wildman–Crippen MR) is 147 cm³/mol. The summed E-state index contributed by atoms with van der Waals surface area (Å²) in [5.41, 5.74) is 0.372. The Hall–Kier alpha value is -4.23. The second-order valence-electron chi connectivity index (χ2n) is 8.67. The number of hydrogen-bond donors (Lipinski definition) is 3. The van der Waals surface area contributed by atoms with Crippen molar-refractivity contribution < 1.29 is 38.7 Å². The summed E-state index contributed by atoms with van der Waals surface area (Å²) in [7, 11) is 4.86. The lowest BCUT2D eigenvalue weighted by Gasteiger charge is -2.32. The molecule has 0 aliphatic carbocycles. The van der Waals surface area contributed by atoms with Gasteiger partial charge in [0.15, 0.2) is 23.0 Å². The number of carboxylic acid groups (broad SMARTS) is 2. The van der Waals surface area contributed by atoms with Gasteiger partial charge in [0.2, 0.25) is 0 Å². The molecule has 0 saturated heterocycles. The highest BCUT2D eigenvalue weighted by atomic mass is 16.5. The fourth-order valence-corrected chi connectivity index (χ4v) is 3.86. The first-order valence-corrected chi connectivity index (χ1v) is 12.4. The summed E-state index contributed by atoms with van der Waals surface area (Å²) in [4.78, 5) is 19.1. The molecule has 10 nitrogen and oxygen atoms in total. The maximum Gasteiger partial charge on any atom is 0.328 e. The average Bonchev–Trinajstić information content (AvgIpc) is 2.93. The molecular formula is C29H38N2O8. The topological polar surface area (TPSA) is 147 Å². The molecule has 1 unspecified atom stereocenters. The Morgan fingerprint density at radius 2 is 1.49 bits per heavy atom. The van der Waals surface area contributed by atoms with Crippen molar-refractivity contribution in [3.63, 3.8) is 0 Å². The molecule has 0 aliphatic rings. The number of para-hydroxylation sites is 2. The van der Waals surface area contributed by atoms with Gasteiger partial charge < -0.3 is 34.5 Å². The van der Waals surface area contributed by atoms with Crippen LogP contribution in [0.25, 0.3) is 0 Å². The van der Waals surface area contributed by atoms with Gasteiger partial charge in [-0.25, -0.2) is 9.59 Å². The minimum atomic E-state index is -1.26. The third-order valence-corrected chi connectivity index (χ3v) is 5.98. The molecule has 1 atom stereocenters. The van der Waals surface area contributed by atoms with Gasteiger partial charge in [-0.2, -0.15) is 5.26 Å². The van der Waals surface area contributed by atoms with Gasteiger partial charge in [0.1, 0.15) is 6.61 Å². The summed E-state index contributed by atoms with van der Waals surface area (Å²) >= 11 is 0. The number of nitrogens with zero attached hydrogens (tertiary/aromatic N) is 1. The molecule has 0 radical (unpaired) electrons. The number of nitrogens with one attached hydrogen (secondary N) is 1. The van der Waals surface area contributed by atoms with Gasteiger partial charge in [0.25, 0.3) is 0 Å². The Labute approximate surface area is 229 Å². The molecule has 3 N–H and O–H groups in total. The Morgan fingerprint density at radius 3 is 2.00 bits per heavy atom. The number of aliphatic carboxylic acids is 2. The van der Waals surface area contributed by atoms with Crippen molar-refractivity contribution in [3.05, 3.63) is 60.2 Å². The molecule has 0 fully saturated rings. The highest BCUT2D eigenvalue weighted by Crippen LogP contribution is 2.40. The number of benzene rings is 2. The minimum Gasteiger partial charge on any atom is -0.493 e. The van der Waals surface area contributed by atoms with Crippen LogP contribution in [0.3, 0.4) is 0 Å². The average molecular weight is 543 g/mol. The SMILES string of the molecule is COc1ccc(C(C#N)(CCCNCCOc2ccccc2OC)C(C)C)cc1OC.O=C(O)C=CC(=O)O. The summed E-state index contributed by atoms with van der Waals surface area (Å²) in [6.45, 7) is 6.25. The van der Waals surface area contributed by atoms with Crippen LogP contribution >= 0.6 is 0 Å². The van der Waals surface area contributed by atoms with Crippen molar-refractivity contribution in [3.8, 4) is 29.1 Å². The fourth-order valence-electron chi connectivity index (χ4n) is 3.86. The van der Waals surface area contributed by atoms with Gasteiger partial charge in [-0.15, -0.1) is 0 Å². The number of carbonyl (C=O) groups is 2. The molecule has 0 bridgehead atoms. The highest BCUT2D eigenvalue weighted by molar-refractivity contribution is 5.89. The molecule has 39 heavy (non-hydrogen) atoms. The molecule has 0 saturated carbocycles. The van der Waals surface area contributed by atoms with Gasteiger partial charge in [-0.05, 0) is 55.1 Å². The summed E-state index contributed by atoms with van der Waals surface area (Å²) in [6.07, 6.45) is 2.73. The molecule has 0 aromatic heterocycles. The highest BCUT2D eigenvalue weighted by Gasteiger charge is 2.36. The first kappa shape index (κ1) is 32.8. The van der Waals surface area contributed by atoms with Gasteiger partial charge in [-0.1, -0.05) is 32.0 Å². The van der Waals surface area contributed by atoms with Crippen LogP contribution in [0.15, 0.2) is 54.6 Å². The van der Waals surface area contributed by atoms with Crippen molar-refractivity contribution in [2.24, 2.45) is 5.92 Å². The first-order chi connectivity index (χ1) is 18.6. The Kier molecular flexibility index (Phi) is 14.6. The number of ether oxygens (including phenoxy) is 4. The maximum absolute atomic E-state index is 10.1. The normalized spacial score (nSPS) is 12.0. The molecule has 0 spiro atoms. The number of methoxy groups -OCH3 is 3. The van der Waals surface area contributed by atoms with Crippen LogP contribution in [0.4, 0.5) is 0 Å². The van der Waals surface area contributed by atoms with Gasteiger partial charge in [0, 0.05) is 18.7 Å². The molecule has 2 rings (SSSR count). The van der Waals surface area contributed by atoms with Crippen LogP contribution in [0, 0.1) is 17.2 Å². The van der Waals surface area contributed by atoms with E-state index in [-0.39, 0.29) is 5.92 Å². The smallest absolute Gasteiger partial charge is 0.328 e. The zero-order valence-corrected chi connectivity index (χ0v) is 23.1. The van der Waals surface area contributed by atoms with E-state index in [9.17, 15) is 14.9 Å². The van der Waals surface area contributed by atoms with Crippen LogP contribution in [0.1, 0.15) is 32.3 Å². The van der Waals surface area contributed by atoms with Crippen LogP contribution in [0.2, 0.25) is 0 Å². The van der Waals surface area contributed by atoms with Gasteiger partial charge in [-0.3, -0.25) is 0 Å². The van der Waals surface area contributed by atoms with Crippen LogP contribution in [-0.2, 0) is 15.0 Å². The number of carboxylic acids is 2. The Morgan fingerprint density at radius 1 is 0.923 bits per heavy atom. The second-order valence-corrected chi connectivity index (χ2v) is 8.67. The molecule has 0 aliphatic heterocycles. The van der Waals surface area contributed by atoms with Crippen molar-refractivity contribution in [2.75, 3.05) is 41.0 Å². The standard InChI is InChI=1S/C25H34N2O4.C4H4O4/c1-19(2)25(18-26,20-11-12-22(29-4)24(17-20)30-5)13-8-14-27-15-16-31-23-10-7-6-9-21(23)28-3;5-3(6)1-2-4(7)8/h6-7,9-12,17,19,27H,8,13-16H2,1-5H3;1-2H,(H,5,6)(H,7,8). The summed E-state index contributed by atoms with van der Waals surface area (Å²) < 4.78 is 21.9. The number of nitriles is 1. The summed E-state index contributed by atoms with van der Waals surface area (Å²) in [5, 5.41) is 29.2. The maximum atomic E-state index is 10.1. The summed E-state index contributed by atoms with van der Waals surface area (Å²) in [5.74, 6) is 0.423. The third-order valence-electron chi connectivity index (χ3n) is 5.98. The van der Waals surface area contributed by atoms with Crippen molar-refractivity contribution >= 4 is 11.9 Å². The zero-order valence-electron chi connectivity index (χ0n) is 23.1. The third kappa shape index (κ3) is 10.6. The lowest BCUT2D eigenvalue weighted by atomic mass is 9.70. The summed E-state index contributed by atoms with van der Waals surface area (Å²) in [6, 6.07) is 16.0. The molecule has 212 valence electrons. The van der Waals surface area contributed by atoms with Crippen LogP contribution in [0.5, 0.6) is 23.0 Å². The molecule has 2 aromatic carbocycles. The minimum absolute atomic E-state index is 0.157. The largest absolute Gasteiger partial charge is 0.493 e. The quantitative estimate of drug-likeness (QED) is 0.220. The zero-order chi connectivity index (χ0) is 29.3. The van der Waals surface area contributed by atoms with E-state index < -0.39 is 17.4 Å². The van der Waals surface area contributed by atoms with E-state index in [1.165, 1.54) is 0 Å². The van der Waals surface area contributed by atoms with Crippen molar-refractivity contribution in [1.82, 2.24) is 5.32 Å². The van der Waals surface area contributed by atoms with E-state index in [4.69, 9.17) is 29.2 Å². The van der Waals surface area contributed by atoms with Gasteiger partial charge in [0.05, 0.1) is 32.8 Å². The van der Waals surface area contributed by atoms with Crippen molar-refractivity contribution in [2.45, 2.75) is 32.1 Å². The van der Waals surface area contributed by atoms with E-state index in [1.54, 1.807) is 21.3 Å². The van der Waals surface area contributed by atoms with E-state index in [0.29, 0.717) is 30.3 Å². The monoisotopic (exact) mass is 542 g/mol. The van der Waals surface area contributed by atoms with E-state index >= 15 is 0 Å². The van der Waals surface area contributed by atoms with E-state index in [2.05, 4.69) is 25.2 Å². The lowest BCUT2D eigenvalue weighted by Crippen LogP contribution is -2.32. The second kappa shape index (κ2) is 17.3. The lowest BCUT2D eigenvalue weighted by molar-refractivity contribution is -0.134. The van der Waals surface area contributed by atoms with Crippen molar-refractivity contribution in [1.29, 1.82) is 5.26 Å². The Balaban J connectivity index is 0.000000824. The Bertz CT molecular complexity index is 1110. The molecular weight excluding hydrogens is 504 g/mol. The molecule has 0 heterocycles. The fraction of sp³-hybridized carbons (Fsp3) is 0.414. The molecule has 10 heteroatoms. The molecule has 0 amide bonds. The first-order valence-electron chi connectivity index (χ1n) is 12.4. The van der Waals surface area contributed by atoms with Gasteiger partial charge >= 0.3 is 11.9 Å². The van der Waals surface area contributed by atoms with E-state index in [1.807, 2.05) is 42.5 Å². The molecule has 2 aromatic rings. The van der Waals surface area contributed by atoms with E-state index in [0.717, 1.165) is 43.0 Å². The predicted octanol–water partition coefficient (Wildman–Crippen LogP) is 4.29. The number of rotatable bonds is 15. The van der Waals surface area contributed by atoms with Crippen LogP contribution in [-0.4, -0.2) is 63.2 Å². The van der Waals surface area contributed by atoms with Crippen LogP contribution < -0.4 is 24.3 Å². The number of hydrogen-bond acceptors (Lipinski definition) is 8.